The molecule has 1 aromatic heterocycles. The van der Waals surface area contributed by atoms with E-state index in [-0.39, 0.29) is 12.4 Å². The number of aromatic nitrogens is 1. The smallest absolute Gasteiger partial charge is 0.310 e. The second-order valence-corrected chi connectivity index (χ2v) is 3.80. The molecule has 14 heavy (non-hydrogen) atoms. The Bertz CT molecular complexity index is 344. The Morgan fingerprint density at radius 1 is 1.71 bits per heavy atom. The minimum atomic E-state index is -0.293. The third-order valence-electron chi connectivity index (χ3n) is 1.54. The Morgan fingerprint density at radius 3 is 3.00 bits per heavy atom. The highest BCUT2D eigenvalue weighted by atomic mass is 79.9. The van der Waals surface area contributed by atoms with Gasteiger partial charge in [0.25, 0.3) is 0 Å². The normalized spacial score (nSPS) is 9.93. The molecule has 0 aliphatic carbocycles. The highest BCUT2D eigenvalue weighted by Gasteiger charge is 2.08. The zero-order valence-corrected chi connectivity index (χ0v) is 9.93. The molecule has 1 heterocycles. The monoisotopic (exact) mass is 277 g/mol. The minimum Gasteiger partial charge on any atom is -0.466 e. The molecule has 1 aromatic rings. The second-order valence-electron chi connectivity index (χ2n) is 2.58. The van der Waals surface area contributed by atoms with Crippen LogP contribution in [0.25, 0.3) is 0 Å². The largest absolute Gasteiger partial charge is 0.466 e. The molecule has 0 aliphatic heterocycles. The molecular weight excluding hydrogens is 269 g/mol. The van der Waals surface area contributed by atoms with E-state index in [1.165, 1.54) is 0 Å². The van der Waals surface area contributed by atoms with Gasteiger partial charge in [-0.2, -0.15) is 0 Å². The van der Waals surface area contributed by atoms with Crippen molar-refractivity contribution in [1.29, 1.82) is 0 Å². The average Bonchev–Trinajstić information content (AvgIpc) is 2.10. The lowest BCUT2D eigenvalue weighted by Gasteiger charge is -2.03. The SMILES string of the molecule is CCOC(=O)Cc1cnc(Br)cc1Cl. The predicted octanol–water partition coefficient (Wildman–Crippen LogP) is 2.60. The van der Waals surface area contributed by atoms with Gasteiger partial charge in [-0.05, 0) is 28.9 Å². The third-order valence-corrected chi connectivity index (χ3v) is 2.32. The van der Waals surface area contributed by atoms with Gasteiger partial charge in [-0.25, -0.2) is 4.98 Å². The fraction of sp³-hybridized carbons (Fsp3) is 0.333. The number of halogens is 2. The third kappa shape index (κ3) is 3.27. The molecule has 0 unspecified atom stereocenters. The molecule has 0 saturated heterocycles. The summed E-state index contributed by atoms with van der Waals surface area (Å²) in [5.74, 6) is -0.293. The molecule has 0 fully saturated rings. The number of carbonyl (C=O) groups is 1. The first-order valence-corrected chi connectivity index (χ1v) is 5.26. The van der Waals surface area contributed by atoms with Gasteiger partial charge in [-0.15, -0.1) is 0 Å². The van der Waals surface area contributed by atoms with Gasteiger partial charge in [-0.3, -0.25) is 4.79 Å². The van der Waals surface area contributed by atoms with Crippen LogP contribution in [0.1, 0.15) is 12.5 Å². The van der Waals surface area contributed by atoms with Crippen molar-refractivity contribution < 1.29 is 9.53 Å². The highest BCUT2D eigenvalue weighted by Crippen LogP contribution is 2.19. The van der Waals surface area contributed by atoms with Gasteiger partial charge in [0.1, 0.15) is 4.60 Å². The maximum absolute atomic E-state index is 11.1. The summed E-state index contributed by atoms with van der Waals surface area (Å²) in [6.45, 7) is 2.14. The predicted molar refractivity (Wildman–Crippen MR) is 57.3 cm³/mol. The molecule has 0 atom stereocenters. The number of ether oxygens (including phenoxy) is 1. The molecule has 0 N–H and O–H groups in total. The van der Waals surface area contributed by atoms with E-state index in [0.717, 1.165) is 0 Å². The van der Waals surface area contributed by atoms with E-state index in [4.69, 9.17) is 16.3 Å². The Kier molecular flexibility index (Phi) is 4.35. The Balaban J connectivity index is 2.72. The van der Waals surface area contributed by atoms with Crippen molar-refractivity contribution in [2.45, 2.75) is 13.3 Å². The second kappa shape index (κ2) is 5.32. The highest BCUT2D eigenvalue weighted by molar-refractivity contribution is 9.10. The van der Waals surface area contributed by atoms with Crippen LogP contribution >= 0.6 is 27.5 Å². The minimum absolute atomic E-state index is 0.160. The molecule has 76 valence electrons. The quantitative estimate of drug-likeness (QED) is 0.630. The van der Waals surface area contributed by atoms with Crippen LogP contribution in [0.3, 0.4) is 0 Å². The summed E-state index contributed by atoms with van der Waals surface area (Å²) in [7, 11) is 0. The first-order chi connectivity index (χ1) is 6.63. The number of hydrogen-bond acceptors (Lipinski definition) is 3. The van der Waals surface area contributed by atoms with Crippen LogP contribution in [0.5, 0.6) is 0 Å². The summed E-state index contributed by atoms with van der Waals surface area (Å²) in [6, 6.07) is 1.65. The van der Waals surface area contributed by atoms with E-state index in [9.17, 15) is 4.79 Å². The average molecular weight is 279 g/mol. The van der Waals surface area contributed by atoms with Crippen LogP contribution in [-0.4, -0.2) is 17.6 Å². The van der Waals surface area contributed by atoms with Crippen LogP contribution in [0.2, 0.25) is 5.02 Å². The van der Waals surface area contributed by atoms with E-state index in [0.29, 0.717) is 21.8 Å². The molecule has 0 amide bonds. The first kappa shape index (κ1) is 11.5. The van der Waals surface area contributed by atoms with Crippen LogP contribution in [0.4, 0.5) is 0 Å². The summed E-state index contributed by atoms with van der Waals surface area (Å²) in [5, 5.41) is 0.514. The number of hydrogen-bond donors (Lipinski definition) is 0. The number of nitrogens with zero attached hydrogens (tertiary/aromatic N) is 1. The van der Waals surface area contributed by atoms with Crippen LogP contribution in [0.15, 0.2) is 16.9 Å². The van der Waals surface area contributed by atoms with Crippen molar-refractivity contribution in [3.8, 4) is 0 Å². The molecule has 0 aromatic carbocycles. The van der Waals surface area contributed by atoms with Crippen molar-refractivity contribution >= 4 is 33.5 Å². The van der Waals surface area contributed by atoms with E-state index >= 15 is 0 Å². The molecule has 0 saturated carbocycles. The van der Waals surface area contributed by atoms with Gasteiger partial charge in [0.15, 0.2) is 0 Å². The Labute approximate surface area is 95.6 Å². The van der Waals surface area contributed by atoms with Gasteiger partial charge in [0.2, 0.25) is 0 Å². The van der Waals surface area contributed by atoms with E-state index < -0.39 is 0 Å². The lowest BCUT2D eigenvalue weighted by Crippen LogP contribution is -2.08. The first-order valence-electron chi connectivity index (χ1n) is 4.09. The lowest BCUT2D eigenvalue weighted by atomic mass is 10.2. The zero-order chi connectivity index (χ0) is 10.6. The van der Waals surface area contributed by atoms with Gasteiger partial charge in [0, 0.05) is 16.8 Å². The zero-order valence-electron chi connectivity index (χ0n) is 7.59. The Hall–Kier alpha value is -0.610. The fourth-order valence-electron chi connectivity index (χ4n) is 0.933. The van der Waals surface area contributed by atoms with Crippen LogP contribution in [-0.2, 0) is 16.0 Å². The Morgan fingerprint density at radius 2 is 2.43 bits per heavy atom. The maximum atomic E-state index is 11.1. The van der Waals surface area contributed by atoms with Crippen LogP contribution in [0, 0.1) is 0 Å². The molecule has 3 nitrogen and oxygen atoms in total. The van der Waals surface area contributed by atoms with E-state index in [1.54, 1.807) is 19.2 Å². The van der Waals surface area contributed by atoms with Crippen molar-refractivity contribution in [2.24, 2.45) is 0 Å². The number of carbonyl (C=O) groups excluding carboxylic acids is 1. The molecule has 0 spiro atoms. The number of pyridine rings is 1. The van der Waals surface area contributed by atoms with Crippen molar-refractivity contribution in [2.75, 3.05) is 6.61 Å². The summed E-state index contributed by atoms with van der Waals surface area (Å²) in [6.07, 6.45) is 1.72. The summed E-state index contributed by atoms with van der Waals surface area (Å²) >= 11 is 9.08. The summed E-state index contributed by atoms with van der Waals surface area (Å²) < 4.78 is 5.44. The molecule has 0 bridgehead atoms. The molecular formula is C9H9BrClNO2. The van der Waals surface area contributed by atoms with E-state index in [2.05, 4.69) is 20.9 Å². The lowest BCUT2D eigenvalue weighted by molar-refractivity contribution is -0.142. The maximum Gasteiger partial charge on any atom is 0.310 e. The summed E-state index contributed by atoms with van der Waals surface area (Å²) in [4.78, 5) is 15.1. The van der Waals surface area contributed by atoms with Gasteiger partial charge in [-0.1, -0.05) is 11.6 Å². The fourth-order valence-corrected chi connectivity index (χ4v) is 1.62. The standard InChI is InChI=1S/C9H9BrClNO2/c1-2-14-9(13)3-6-5-12-8(10)4-7(6)11/h4-5H,2-3H2,1H3. The molecule has 0 radical (unpaired) electrons. The molecule has 5 heteroatoms. The topological polar surface area (TPSA) is 39.2 Å². The van der Waals surface area contributed by atoms with Gasteiger partial charge in [0.05, 0.1) is 13.0 Å². The van der Waals surface area contributed by atoms with Crippen molar-refractivity contribution in [3.05, 3.63) is 27.5 Å². The molecule has 1 rings (SSSR count). The number of esters is 1. The number of rotatable bonds is 3. The van der Waals surface area contributed by atoms with Gasteiger partial charge >= 0.3 is 5.97 Å². The summed E-state index contributed by atoms with van der Waals surface area (Å²) in [5.41, 5.74) is 0.674. The van der Waals surface area contributed by atoms with Gasteiger partial charge < -0.3 is 4.74 Å². The van der Waals surface area contributed by atoms with Crippen LogP contribution < -0.4 is 0 Å². The van der Waals surface area contributed by atoms with E-state index in [1.807, 2.05) is 0 Å². The van der Waals surface area contributed by atoms with Crippen molar-refractivity contribution in [3.63, 3.8) is 0 Å². The molecule has 0 aliphatic rings. The van der Waals surface area contributed by atoms with Crippen molar-refractivity contribution in [1.82, 2.24) is 4.98 Å².